The highest BCUT2D eigenvalue weighted by molar-refractivity contribution is 6.30. The fourth-order valence-electron chi connectivity index (χ4n) is 3.33. The summed E-state index contributed by atoms with van der Waals surface area (Å²) in [4.78, 5) is 24.5. The first-order valence-electron chi connectivity index (χ1n) is 9.70. The molecule has 0 aliphatic heterocycles. The van der Waals surface area contributed by atoms with Crippen LogP contribution >= 0.6 is 11.6 Å². The molecule has 0 aliphatic rings. The fraction of sp³-hybridized carbons (Fsp3) is 0.261. The van der Waals surface area contributed by atoms with E-state index >= 15 is 0 Å². The molecule has 1 heterocycles. The molecule has 2 N–H and O–H groups in total. The number of carbonyl (C=O) groups excluding carboxylic acids is 2. The van der Waals surface area contributed by atoms with Crippen LogP contribution in [0.4, 0.5) is 5.69 Å². The first kappa shape index (κ1) is 21.6. The van der Waals surface area contributed by atoms with E-state index in [9.17, 15) is 9.59 Å². The van der Waals surface area contributed by atoms with E-state index in [0.29, 0.717) is 10.7 Å². The second-order valence-corrected chi connectivity index (χ2v) is 7.79. The third-order valence-electron chi connectivity index (χ3n) is 4.87. The SMILES string of the molecule is CC(=O)N[C@H](CC(=O)Nc1c(C)nn(-c2ccc(C)cc2)c1C)c1ccc(Cl)cc1. The van der Waals surface area contributed by atoms with Gasteiger partial charge in [-0.15, -0.1) is 0 Å². The molecule has 1 atom stereocenters. The summed E-state index contributed by atoms with van der Waals surface area (Å²) in [5, 5.41) is 11.0. The van der Waals surface area contributed by atoms with Gasteiger partial charge in [-0.2, -0.15) is 5.10 Å². The summed E-state index contributed by atoms with van der Waals surface area (Å²) >= 11 is 5.96. The van der Waals surface area contributed by atoms with Crippen LogP contribution in [0.15, 0.2) is 48.5 Å². The first-order chi connectivity index (χ1) is 14.2. The molecule has 0 bridgehead atoms. The molecule has 2 aromatic carbocycles. The van der Waals surface area contributed by atoms with Crippen LogP contribution in [0.1, 0.15) is 41.9 Å². The summed E-state index contributed by atoms with van der Waals surface area (Å²) in [7, 11) is 0. The first-order valence-corrected chi connectivity index (χ1v) is 10.1. The molecular weight excluding hydrogens is 400 g/mol. The molecule has 0 fully saturated rings. The largest absolute Gasteiger partial charge is 0.349 e. The van der Waals surface area contributed by atoms with Gasteiger partial charge in [0.2, 0.25) is 11.8 Å². The molecule has 2 amide bonds. The van der Waals surface area contributed by atoms with Crippen molar-refractivity contribution in [2.45, 2.75) is 40.2 Å². The molecular formula is C23H25ClN4O2. The Kier molecular flexibility index (Phi) is 6.57. The predicted molar refractivity (Wildman–Crippen MR) is 119 cm³/mol. The molecule has 0 saturated heterocycles. The van der Waals surface area contributed by atoms with Gasteiger partial charge in [0, 0.05) is 11.9 Å². The number of carbonyl (C=O) groups is 2. The second kappa shape index (κ2) is 9.13. The van der Waals surface area contributed by atoms with Crippen molar-refractivity contribution in [1.29, 1.82) is 0 Å². The van der Waals surface area contributed by atoms with Crippen molar-refractivity contribution in [3.8, 4) is 5.69 Å². The quantitative estimate of drug-likeness (QED) is 0.604. The van der Waals surface area contributed by atoms with E-state index in [-0.39, 0.29) is 18.2 Å². The third-order valence-corrected chi connectivity index (χ3v) is 5.13. The summed E-state index contributed by atoms with van der Waals surface area (Å²) in [6, 6.07) is 14.7. The monoisotopic (exact) mass is 424 g/mol. The molecule has 7 heteroatoms. The highest BCUT2D eigenvalue weighted by atomic mass is 35.5. The number of nitrogens with one attached hydrogen (secondary N) is 2. The normalized spacial score (nSPS) is 11.8. The number of aromatic nitrogens is 2. The Morgan fingerprint density at radius 2 is 1.67 bits per heavy atom. The summed E-state index contributed by atoms with van der Waals surface area (Å²) in [6.07, 6.45) is 0.0931. The van der Waals surface area contributed by atoms with Crippen molar-refractivity contribution in [2.24, 2.45) is 0 Å². The number of anilines is 1. The van der Waals surface area contributed by atoms with E-state index in [2.05, 4.69) is 15.7 Å². The molecule has 0 aliphatic carbocycles. The van der Waals surface area contributed by atoms with Crippen LogP contribution in [0, 0.1) is 20.8 Å². The van der Waals surface area contributed by atoms with Crippen molar-refractivity contribution in [3.63, 3.8) is 0 Å². The smallest absolute Gasteiger partial charge is 0.226 e. The van der Waals surface area contributed by atoms with Gasteiger partial charge in [0.1, 0.15) is 0 Å². The minimum atomic E-state index is -0.451. The molecule has 3 aromatic rings. The van der Waals surface area contributed by atoms with Gasteiger partial charge in [0.15, 0.2) is 0 Å². The molecule has 0 saturated carbocycles. The molecule has 156 valence electrons. The van der Waals surface area contributed by atoms with Crippen LogP contribution in [-0.4, -0.2) is 21.6 Å². The van der Waals surface area contributed by atoms with Gasteiger partial charge in [-0.3, -0.25) is 9.59 Å². The molecule has 0 radical (unpaired) electrons. The molecule has 0 spiro atoms. The highest BCUT2D eigenvalue weighted by Crippen LogP contribution is 2.25. The summed E-state index contributed by atoms with van der Waals surface area (Å²) < 4.78 is 1.81. The van der Waals surface area contributed by atoms with Crippen molar-refractivity contribution >= 4 is 29.1 Å². The number of amides is 2. The zero-order valence-electron chi connectivity index (χ0n) is 17.5. The van der Waals surface area contributed by atoms with Crippen molar-refractivity contribution in [3.05, 3.63) is 76.1 Å². The number of hydrogen-bond acceptors (Lipinski definition) is 3. The molecule has 3 rings (SSSR count). The Bertz CT molecular complexity index is 1060. The average Bonchev–Trinajstić information content (AvgIpc) is 2.96. The Morgan fingerprint density at radius 3 is 2.27 bits per heavy atom. The van der Waals surface area contributed by atoms with E-state index in [4.69, 9.17) is 11.6 Å². The van der Waals surface area contributed by atoms with Gasteiger partial charge >= 0.3 is 0 Å². The lowest BCUT2D eigenvalue weighted by molar-refractivity contribution is -0.120. The lowest BCUT2D eigenvalue weighted by atomic mass is 10.0. The molecule has 0 unspecified atom stereocenters. The van der Waals surface area contributed by atoms with E-state index < -0.39 is 6.04 Å². The van der Waals surface area contributed by atoms with Crippen LogP contribution in [-0.2, 0) is 9.59 Å². The zero-order chi connectivity index (χ0) is 21.8. The van der Waals surface area contributed by atoms with Gasteiger partial charge in [-0.25, -0.2) is 4.68 Å². The number of nitrogens with zero attached hydrogens (tertiary/aromatic N) is 2. The highest BCUT2D eigenvalue weighted by Gasteiger charge is 2.20. The molecule has 1 aromatic heterocycles. The Hall–Kier alpha value is -3.12. The topological polar surface area (TPSA) is 76.0 Å². The number of rotatable bonds is 6. The second-order valence-electron chi connectivity index (χ2n) is 7.35. The zero-order valence-corrected chi connectivity index (χ0v) is 18.2. The summed E-state index contributed by atoms with van der Waals surface area (Å²) in [6.45, 7) is 7.24. The van der Waals surface area contributed by atoms with Crippen LogP contribution < -0.4 is 10.6 Å². The Labute approximate surface area is 181 Å². The number of hydrogen-bond donors (Lipinski definition) is 2. The number of aryl methyl sites for hydroxylation is 2. The van der Waals surface area contributed by atoms with Crippen LogP contribution in [0.2, 0.25) is 5.02 Å². The van der Waals surface area contributed by atoms with Gasteiger partial charge in [-0.05, 0) is 50.6 Å². The van der Waals surface area contributed by atoms with E-state index in [1.165, 1.54) is 12.5 Å². The Balaban J connectivity index is 1.79. The maximum atomic E-state index is 12.8. The minimum absolute atomic E-state index is 0.0931. The van der Waals surface area contributed by atoms with Crippen molar-refractivity contribution < 1.29 is 9.59 Å². The summed E-state index contributed by atoms with van der Waals surface area (Å²) in [5.74, 6) is -0.416. The fourth-order valence-corrected chi connectivity index (χ4v) is 3.46. The van der Waals surface area contributed by atoms with E-state index in [1.54, 1.807) is 12.1 Å². The van der Waals surface area contributed by atoms with Crippen LogP contribution in [0.3, 0.4) is 0 Å². The Morgan fingerprint density at radius 1 is 1.03 bits per heavy atom. The maximum Gasteiger partial charge on any atom is 0.226 e. The van der Waals surface area contributed by atoms with Gasteiger partial charge in [-0.1, -0.05) is 41.4 Å². The van der Waals surface area contributed by atoms with Crippen molar-refractivity contribution in [1.82, 2.24) is 15.1 Å². The maximum absolute atomic E-state index is 12.8. The number of halogens is 1. The van der Waals surface area contributed by atoms with Crippen molar-refractivity contribution in [2.75, 3.05) is 5.32 Å². The van der Waals surface area contributed by atoms with Gasteiger partial charge in [0.25, 0.3) is 0 Å². The van der Waals surface area contributed by atoms with Gasteiger partial charge < -0.3 is 10.6 Å². The predicted octanol–water partition coefficient (Wildman–Crippen LogP) is 4.66. The molecule has 6 nitrogen and oxygen atoms in total. The lowest BCUT2D eigenvalue weighted by Gasteiger charge is -2.18. The summed E-state index contributed by atoms with van der Waals surface area (Å²) in [5.41, 5.74) is 5.15. The third kappa shape index (κ3) is 5.07. The van der Waals surface area contributed by atoms with Crippen LogP contribution in [0.25, 0.3) is 5.69 Å². The standard InChI is InChI=1S/C23H25ClN4O2/c1-14-5-11-20(12-6-14)28-16(3)23(15(2)27-28)26-22(30)13-21(25-17(4)29)18-7-9-19(24)10-8-18/h5-12,21H,13H2,1-4H3,(H,25,29)(H,26,30)/t21-/m1/s1. The van der Waals surface area contributed by atoms with Crippen LogP contribution in [0.5, 0.6) is 0 Å². The van der Waals surface area contributed by atoms with Gasteiger partial charge in [0.05, 0.1) is 35.2 Å². The van der Waals surface area contributed by atoms with E-state index in [0.717, 1.165) is 22.6 Å². The lowest BCUT2D eigenvalue weighted by Crippen LogP contribution is -2.29. The average molecular weight is 425 g/mol. The minimum Gasteiger partial charge on any atom is -0.349 e. The molecule has 30 heavy (non-hydrogen) atoms. The van der Waals surface area contributed by atoms with E-state index in [1.807, 2.05) is 61.9 Å². The number of benzene rings is 2.